The molecule has 0 aromatic rings. The number of carbonyl (C=O) groups excluding carboxylic acids is 1. The van der Waals surface area contributed by atoms with Gasteiger partial charge in [0.2, 0.25) is 0 Å². The van der Waals surface area contributed by atoms with Crippen molar-refractivity contribution in [1.82, 2.24) is 4.90 Å². The molecule has 4 atom stereocenters. The molecule has 2 aliphatic rings. The molecule has 0 spiro atoms. The SMILES string of the molecule is CC(C)[C@](O)(CC(=O)OCC1=CCN2CC[C@@H](O)[C@H]12)[C@H](C)O. The smallest absolute Gasteiger partial charge is 0.309 e. The predicted molar refractivity (Wildman–Crippen MR) is 81.1 cm³/mol. The summed E-state index contributed by atoms with van der Waals surface area (Å²) in [7, 11) is 0. The number of nitrogens with zero attached hydrogens (tertiary/aromatic N) is 1. The maximum Gasteiger partial charge on any atom is 0.309 e. The Morgan fingerprint density at radius 3 is 2.77 bits per heavy atom. The monoisotopic (exact) mass is 313 g/mol. The summed E-state index contributed by atoms with van der Waals surface area (Å²) in [6, 6.07) is -0.0476. The average molecular weight is 313 g/mol. The van der Waals surface area contributed by atoms with E-state index < -0.39 is 23.8 Å². The second kappa shape index (κ2) is 6.66. The Kier molecular flexibility index (Phi) is 5.27. The largest absolute Gasteiger partial charge is 0.461 e. The number of aliphatic hydroxyl groups excluding tert-OH is 2. The first-order chi connectivity index (χ1) is 10.3. The molecule has 1 saturated heterocycles. The van der Waals surface area contributed by atoms with Gasteiger partial charge >= 0.3 is 5.97 Å². The molecule has 2 aliphatic heterocycles. The lowest BCUT2D eigenvalue weighted by atomic mass is 9.83. The number of carbonyl (C=O) groups is 1. The first kappa shape index (κ1) is 17.4. The lowest BCUT2D eigenvalue weighted by molar-refractivity contribution is -0.159. The fraction of sp³-hybridized carbons (Fsp3) is 0.812. The number of hydrogen-bond donors (Lipinski definition) is 3. The van der Waals surface area contributed by atoms with Crippen molar-refractivity contribution in [3.05, 3.63) is 11.6 Å². The first-order valence-electron chi connectivity index (χ1n) is 7.92. The second-order valence-corrected chi connectivity index (χ2v) is 6.73. The van der Waals surface area contributed by atoms with Crippen molar-refractivity contribution in [3.63, 3.8) is 0 Å². The number of aliphatic hydroxyl groups is 3. The van der Waals surface area contributed by atoms with Gasteiger partial charge in [-0.05, 0) is 24.8 Å². The Labute approximate surface area is 131 Å². The van der Waals surface area contributed by atoms with Gasteiger partial charge in [-0.3, -0.25) is 9.69 Å². The quantitative estimate of drug-likeness (QED) is 0.475. The Morgan fingerprint density at radius 2 is 2.18 bits per heavy atom. The van der Waals surface area contributed by atoms with Crippen LogP contribution in [0, 0.1) is 5.92 Å². The van der Waals surface area contributed by atoms with Crippen molar-refractivity contribution in [2.24, 2.45) is 5.92 Å². The molecule has 0 amide bonds. The first-order valence-corrected chi connectivity index (χ1v) is 7.92. The third-order valence-electron chi connectivity index (χ3n) is 4.99. The highest BCUT2D eigenvalue weighted by atomic mass is 16.5. The maximum atomic E-state index is 12.0. The fourth-order valence-corrected chi connectivity index (χ4v) is 3.30. The van der Waals surface area contributed by atoms with Crippen LogP contribution in [-0.2, 0) is 9.53 Å². The Bertz CT molecular complexity index is 438. The molecule has 6 heteroatoms. The summed E-state index contributed by atoms with van der Waals surface area (Å²) in [4.78, 5) is 14.2. The van der Waals surface area contributed by atoms with Crippen molar-refractivity contribution in [2.45, 2.75) is 57.5 Å². The van der Waals surface area contributed by atoms with Gasteiger partial charge in [-0.25, -0.2) is 0 Å². The average Bonchev–Trinajstić information content (AvgIpc) is 2.99. The van der Waals surface area contributed by atoms with Crippen molar-refractivity contribution in [3.8, 4) is 0 Å². The molecule has 0 saturated carbocycles. The van der Waals surface area contributed by atoms with Crippen LogP contribution in [0.4, 0.5) is 0 Å². The summed E-state index contributed by atoms with van der Waals surface area (Å²) in [5, 5.41) is 30.1. The van der Waals surface area contributed by atoms with Crippen LogP contribution in [0.5, 0.6) is 0 Å². The summed E-state index contributed by atoms with van der Waals surface area (Å²) in [5.74, 6) is -0.804. The van der Waals surface area contributed by atoms with Gasteiger partial charge in [0.05, 0.1) is 24.7 Å². The van der Waals surface area contributed by atoms with Gasteiger partial charge in [-0.1, -0.05) is 19.9 Å². The summed E-state index contributed by atoms with van der Waals surface area (Å²) < 4.78 is 5.26. The lowest BCUT2D eigenvalue weighted by Crippen LogP contribution is -2.47. The highest BCUT2D eigenvalue weighted by Crippen LogP contribution is 2.30. The van der Waals surface area contributed by atoms with Crippen LogP contribution in [0.2, 0.25) is 0 Å². The minimum absolute atomic E-state index is 0.0476. The number of ether oxygens (including phenoxy) is 1. The molecule has 3 N–H and O–H groups in total. The van der Waals surface area contributed by atoms with Gasteiger partial charge in [0.25, 0.3) is 0 Å². The van der Waals surface area contributed by atoms with Crippen LogP contribution in [0.1, 0.15) is 33.6 Å². The molecule has 0 aromatic carbocycles. The van der Waals surface area contributed by atoms with Crippen molar-refractivity contribution in [1.29, 1.82) is 0 Å². The second-order valence-electron chi connectivity index (χ2n) is 6.73. The number of esters is 1. The molecule has 2 rings (SSSR count). The number of fused-ring (bicyclic) bond motifs is 1. The molecular weight excluding hydrogens is 286 g/mol. The molecule has 126 valence electrons. The van der Waals surface area contributed by atoms with Crippen LogP contribution in [0.15, 0.2) is 11.6 Å². The van der Waals surface area contributed by atoms with E-state index in [4.69, 9.17) is 4.74 Å². The van der Waals surface area contributed by atoms with Crippen LogP contribution in [0.25, 0.3) is 0 Å². The zero-order valence-corrected chi connectivity index (χ0v) is 13.5. The van der Waals surface area contributed by atoms with Gasteiger partial charge < -0.3 is 20.1 Å². The minimum Gasteiger partial charge on any atom is -0.461 e. The van der Waals surface area contributed by atoms with E-state index in [9.17, 15) is 20.1 Å². The molecule has 6 nitrogen and oxygen atoms in total. The van der Waals surface area contributed by atoms with E-state index in [1.165, 1.54) is 6.92 Å². The van der Waals surface area contributed by atoms with E-state index in [1.807, 2.05) is 6.08 Å². The van der Waals surface area contributed by atoms with Crippen LogP contribution < -0.4 is 0 Å². The van der Waals surface area contributed by atoms with E-state index in [2.05, 4.69) is 4.90 Å². The van der Waals surface area contributed by atoms with Crippen LogP contribution in [-0.4, -0.2) is 69.7 Å². The van der Waals surface area contributed by atoms with Crippen LogP contribution >= 0.6 is 0 Å². The van der Waals surface area contributed by atoms with E-state index in [-0.39, 0.29) is 25.0 Å². The molecule has 0 unspecified atom stereocenters. The van der Waals surface area contributed by atoms with Crippen molar-refractivity contribution in [2.75, 3.05) is 19.7 Å². The summed E-state index contributed by atoms with van der Waals surface area (Å²) in [6.07, 6.45) is 1.07. The topological polar surface area (TPSA) is 90.2 Å². The van der Waals surface area contributed by atoms with E-state index in [1.54, 1.807) is 13.8 Å². The highest BCUT2D eigenvalue weighted by Gasteiger charge is 2.41. The zero-order valence-electron chi connectivity index (χ0n) is 13.5. The lowest BCUT2D eigenvalue weighted by Gasteiger charge is -2.34. The molecule has 2 heterocycles. The molecule has 0 aromatic heterocycles. The highest BCUT2D eigenvalue weighted by molar-refractivity contribution is 5.71. The normalized spacial score (nSPS) is 29.1. The number of rotatable bonds is 6. The summed E-state index contributed by atoms with van der Waals surface area (Å²) in [6.45, 7) is 6.75. The van der Waals surface area contributed by atoms with Gasteiger partial charge in [-0.15, -0.1) is 0 Å². The standard InChI is InChI=1S/C16H27NO5/c1-10(2)16(21,11(3)18)8-14(20)22-9-12-4-6-17-7-5-13(19)15(12)17/h4,10-11,13,15,18-19,21H,5-9H2,1-3H3/t11-,13+,15-,16+/m0/s1. The Morgan fingerprint density at radius 1 is 1.50 bits per heavy atom. The fourth-order valence-electron chi connectivity index (χ4n) is 3.30. The molecule has 22 heavy (non-hydrogen) atoms. The minimum atomic E-state index is -1.49. The number of hydrogen-bond acceptors (Lipinski definition) is 6. The zero-order chi connectivity index (χ0) is 16.5. The van der Waals surface area contributed by atoms with Gasteiger partial charge in [0.1, 0.15) is 12.2 Å². The van der Waals surface area contributed by atoms with Crippen LogP contribution in [0.3, 0.4) is 0 Å². The molecule has 1 fully saturated rings. The molecule has 0 radical (unpaired) electrons. The van der Waals surface area contributed by atoms with E-state index in [0.717, 1.165) is 25.1 Å². The van der Waals surface area contributed by atoms with Gasteiger partial charge in [0.15, 0.2) is 0 Å². The molecule has 0 aliphatic carbocycles. The van der Waals surface area contributed by atoms with Crippen molar-refractivity contribution >= 4 is 5.97 Å². The van der Waals surface area contributed by atoms with Crippen molar-refractivity contribution < 1.29 is 24.9 Å². The third kappa shape index (κ3) is 3.35. The Hall–Kier alpha value is -0.950. The van der Waals surface area contributed by atoms with E-state index >= 15 is 0 Å². The van der Waals surface area contributed by atoms with Gasteiger partial charge in [0, 0.05) is 13.1 Å². The predicted octanol–water partition coefficient (Wildman–Crippen LogP) is 0.0628. The third-order valence-corrected chi connectivity index (χ3v) is 4.99. The molecular formula is C16H27NO5. The summed E-state index contributed by atoms with van der Waals surface area (Å²) >= 11 is 0. The van der Waals surface area contributed by atoms with Gasteiger partial charge in [-0.2, -0.15) is 0 Å². The maximum absolute atomic E-state index is 12.0. The molecule has 0 bridgehead atoms. The Balaban J connectivity index is 1.88. The van der Waals surface area contributed by atoms with E-state index in [0.29, 0.717) is 0 Å². The summed E-state index contributed by atoms with van der Waals surface area (Å²) in [5.41, 5.74) is -0.566.